The smallest absolute Gasteiger partial charge is 0.261 e. The fourth-order valence-corrected chi connectivity index (χ4v) is 3.54. The molecule has 0 saturated carbocycles. The standard InChI is InChI=1S/C22H23FN2O2S/c1-3-20(27-19-10-8-17(23)9-11-19)21(26)24-13-12-18-14-28-22(25-18)16-6-4-15(2)5-7-16/h4-11,14,20H,3,12-13H2,1-2H3,(H,24,26)/t20-/m1/s1. The number of nitrogens with zero attached hydrogens (tertiary/aromatic N) is 1. The van der Waals surface area contributed by atoms with E-state index in [0.29, 0.717) is 25.1 Å². The molecule has 3 aromatic rings. The van der Waals surface area contributed by atoms with E-state index in [2.05, 4.69) is 41.5 Å². The van der Waals surface area contributed by atoms with E-state index in [0.717, 1.165) is 16.3 Å². The minimum absolute atomic E-state index is 0.180. The number of rotatable bonds is 8. The molecule has 28 heavy (non-hydrogen) atoms. The summed E-state index contributed by atoms with van der Waals surface area (Å²) in [6, 6.07) is 13.9. The zero-order chi connectivity index (χ0) is 19.9. The third-order valence-corrected chi connectivity index (χ3v) is 5.23. The topological polar surface area (TPSA) is 51.2 Å². The quantitative estimate of drug-likeness (QED) is 0.594. The van der Waals surface area contributed by atoms with E-state index >= 15 is 0 Å². The van der Waals surface area contributed by atoms with Gasteiger partial charge in [0.25, 0.3) is 5.91 Å². The molecule has 0 aliphatic rings. The van der Waals surface area contributed by atoms with E-state index in [1.54, 1.807) is 11.3 Å². The molecule has 0 spiro atoms. The zero-order valence-electron chi connectivity index (χ0n) is 15.9. The highest BCUT2D eigenvalue weighted by Gasteiger charge is 2.18. The summed E-state index contributed by atoms with van der Waals surface area (Å²) in [6.45, 7) is 4.42. The lowest BCUT2D eigenvalue weighted by Crippen LogP contribution is -2.38. The molecule has 3 rings (SSSR count). The summed E-state index contributed by atoms with van der Waals surface area (Å²) in [4.78, 5) is 17.0. The third kappa shape index (κ3) is 5.39. The van der Waals surface area contributed by atoms with Crippen molar-refractivity contribution in [3.05, 3.63) is 71.0 Å². The summed E-state index contributed by atoms with van der Waals surface area (Å²) in [7, 11) is 0. The van der Waals surface area contributed by atoms with Gasteiger partial charge in [0.05, 0.1) is 5.69 Å². The van der Waals surface area contributed by atoms with Gasteiger partial charge in [-0.1, -0.05) is 36.8 Å². The highest BCUT2D eigenvalue weighted by atomic mass is 32.1. The Hall–Kier alpha value is -2.73. The summed E-state index contributed by atoms with van der Waals surface area (Å²) >= 11 is 1.60. The van der Waals surface area contributed by atoms with Gasteiger partial charge in [-0.05, 0) is 37.6 Å². The summed E-state index contributed by atoms with van der Waals surface area (Å²) in [5.41, 5.74) is 3.27. The molecule has 2 aromatic carbocycles. The molecular formula is C22H23FN2O2S. The zero-order valence-corrected chi connectivity index (χ0v) is 16.8. The lowest BCUT2D eigenvalue weighted by Gasteiger charge is -2.17. The van der Waals surface area contributed by atoms with Crippen molar-refractivity contribution >= 4 is 17.2 Å². The maximum Gasteiger partial charge on any atom is 0.261 e. The van der Waals surface area contributed by atoms with Gasteiger partial charge in [0.2, 0.25) is 0 Å². The van der Waals surface area contributed by atoms with E-state index < -0.39 is 6.10 Å². The molecule has 0 aliphatic heterocycles. The highest BCUT2D eigenvalue weighted by Crippen LogP contribution is 2.24. The molecule has 0 fully saturated rings. The van der Waals surface area contributed by atoms with Crippen LogP contribution in [0.5, 0.6) is 5.75 Å². The number of ether oxygens (including phenoxy) is 1. The first-order valence-electron chi connectivity index (χ1n) is 9.26. The first kappa shape index (κ1) is 20.0. The Bertz CT molecular complexity index is 907. The van der Waals surface area contributed by atoms with Crippen LogP contribution in [0.4, 0.5) is 4.39 Å². The van der Waals surface area contributed by atoms with Gasteiger partial charge in [0.15, 0.2) is 6.10 Å². The number of hydrogen-bond acceptors (Lipinski definition) is 4. The number of aromatic nitrogens is 1. The van der Waals surface area contributed by atoms with Crippen LogP contribution in [0.2, 0.25) is 0 Å². The second-order valence-corrected chi connectivity index (χ2v) is 7.38. The Morgan fingerprint density at radius 2 is 1.89 bits per heavy atom. The Morgan fingerprint density at radius 1 is 1.18 bits per heavy atom. The number of aryl methyl sites for hydroxylation is 1. The molecule has 4 nitrogen and oxygen atoms in total. The number of nitrogens with one attached hydrogen (secondary N) is 1. The van der Waals surface area contributed by atoms with Crippen LogP contribution in [-0.4, -0.2) is 23.5 Å². The van der Waals surface area contributed by atoms with Crippen LogP contribution >= 0.6 is 11.3 Å². The number of carbonyl (C=O) groups is 1. The van der Waals surface area contributed by atoms with Crippen molar-refractivity contribution in [2.75, 3.05) is 6.54 Å². The first-order valence-corrected chi connectivity index (χ1v) is 10.1. The molecule has 1 amide bonds. The normalized spacial score (nSPS) is 11.8. The summed E-state index contributed by atoms with van der Waals surface area (Å²) < 4.78 is 18.6. The number of halogens is 1. The predicted octanol–water partition coefficient (Wildman–Crippen LogP) is 4.77. The van der Waals surface area contributed by atoms with Gasteiger partial charge in [-0.3, -0.25) is 4.79 Å². The minimum atomic E-state index is -0.607. The van der Waals surface area contributed by atoms with Crippen LogP contribution in [0.3, 0.4) is 0 Å². The Balaban J connectivity index is 1.50. The molecular weight excluding hydrogens is 375 g/mol. The van der Waals surface area contributed by atoms with Crippen LogP contribution < -0.4 is 10.1 Å². The highest BCUT2D eigenvalue weighted by molar-refractivity contribution is 7.13. The lowest BCUT2D eigenvalue weighted by atomic mass is 10.2. The molecule has 0 saturated heterocycles. The van der Waals surface area contributed by atoms with Gasteiger partial charge in [-0.25, -0.2) is 9.37 Å². The van der Waals surface area contributed by atoms with Gasteiger partial charge >= 0.3 is 0 Å². The van der Waals surface area contributed by atoms with Crippen molar-refractivity contribution in [3.8, 4) is 16.3 Å². The molecule has 0 bridgehead atoms. The maximum atomic E-state index is 13.0. The van der Waals surface area contributed by atoms with E-state index in [-0.39, 0.29) is 11.7 Å². The number of amides is 1. The van der Waals surface area contributed by atoms with Gasteiger partial charge in [-0.2, -0.15) is 0 Å². The number of hydrogen-bond donors (Lipinski definition) is 1. The molecule has 1 atom stereocenters. The Morgan fingerprint density at radius 3 is 2.57 bits per heavy atom. The molecule has 1 aromatic heterocycles. The largest absolute Gasteiger partial charge is 0.481 e. The summed E-state index contributed by atoms with van der Waals surface area (Å²) in [6.07, 6.45) is 0.572. The van der Waals surface area contributed by atoms with Crippen LogP contribution in [0.1, 0.15) is 24.6 Å². The molecule has 0 radical (unpaired) electrons. The van der Waals surface area contributed by atoms with E-state index in [9.17, 15) is 9.18 Å². The molecule has 146 valence electrons. The molecule has 6 heteroatoms. The minimum Gasteiger partial charge on any atom is -0.481 e. The van der Waals surface area contributed by atoms with Crippen LogP contribution in [0, 0.1) is 12.7 Å². The Labute approximate surface area is 168 Å². The van der Waals surface area contributed by atoms with Crippen molar-refractivity contribution < 1.29 is 13.9 Å². The van der Waals surface area contributed by atoms with Gasteiger partial charge in [-0.15, -0.1) is 11.3 Å². The van der Waals surface area contributed by atoms with Crippen LogP contribution in [0.25, 0.3) is 10.6 Å². The molecule has 1 heterocycles. The van der Waals surface area contributed by atoms with Crippen LogP contribution in [0.15, 0.2) is 53.9 Å². The fourth-order valence-electron chi connectivity index (χ4n) is 2.68. The van der Waals surface area contributed by atoms with Crippen molar-refractivity contribution in [2.45, 2.75) is 32.8 Å². The first-order chi connectivity index (χ1) is 13.5. The van der Waals surface area contributed by atoms with Crippen molar-refractivity contribution in [1.82, 2.24) is 10.3 Å². The summed E-state index contributed by atoms with van der Waals surface area (Å²) in [5.74, 6) is -0.0374. The van der Waals surface area contributed by atoms with E-state index in [1.165, 1.54) is 29.8 Å². The predicted molar refractivity (Wildman–Crippen MR) is 110 cm³/mol. The Kier molecular flexibility index (Phi) is 6.76. The van der Waals surface area contributed by atoms with Crippen molar-refractivity contribution in [1.29, 1.82) is 0 Å². The van der Waals surface area contributed by atoms with Gasteiger partial charge < -0.3 is 10.1 Å². The van der Waals surface area contributed by atoms with E-state index in [1.807, 2.05) is 12.3 Å². The van der Waals surface area contributed by atoms with Crippen molar-refractivity contribution in [3.63, 3.8) is 0 Å². The summed E-state index contributed by atoms with van der Waals surface area (Å²) in [5, 5.41) is 5.90. The van der Waals surface area contributed by atoms with Gasteiger partial charge in [0.1, 0.15) is 16.6 Å². The lowest BCUT2D eigenvalue weighted by molar-refractivity contribution is -0.128. The number of thiazole rings is 1. The number of benzene rings is 2. The monoisotopic (exact) mass is 398 g/mol. The molecule has 1 N–H and O–H groups in total. The SMILES string of the molecule is CC[C@@H](Oc1ccc(F)cc1)C(=O)NCCc1csc(-c2ccc(C)cc2)n1. The second-order valence-electron chi connectivity index (χ2n) is 6.52. The maximum absolute atomic E-state index is 13.0. The van der Waals surface area contributed by atoms with Crippen LogP contribution in [-0.2, 0) is 11.2 Å². The second kappa shape index (κ2) is 9.46. The third-order valence-electron chi connectivity index (χ3n) is 4.29. The fraction of sp³-hybridized carbons (Fsp3) is 0.273. The average Bonchev–Trinajstić information content (AvgIpc) is 3.17. The molecule has 0 unspecified atom stereocenters. The number of carbonyl (C=O) groups excluding carboxylic acids is 1. The van der Waals surface area contributed by atoms with Crippen molar-refractivity contribution in [2.24, 2.45) is 0 Å². The average molecular weight is 399 g/mol. The van der Waals surface area contributed by atoms with Gasteiger partial charge in [0, 0.05) is 23.9 Å². The van der Waals surface area contributed by atoms with E-state index in [4.69, 9.17) is 4.74 Å². The molecule has 0 aliphatic carbocycles.